The molecule has 4 nitrogen and oxygen atoms in total. The van der Waals surface area contributed by atoms with Gasteiger partial charge in [-0.3, -0.25) is 0 Å². The zero-order valence-corrected chi connectivity index (χ0v) is 11.4. The molecule has 0 amide bonds. The third-order valence-electron chi connectivity index (χ3n) is 2.40. The van der Waals surface area contributed by atoms with Crippen molar-refractivity contribution >= 4 is 22.3 Å². The van der Waals surface area contributed by atoms with Crippen molar-refractivity contribution in [2.75, 3.05) is 5.32 Å². The van der Waals surface area contributed by atoms with Gasteiger partial charge in [0.25, 0.3) is 0 Å². The summed E-state index contributed by atoms with van der Waals surface area (Å²) in [5.41, 5.74) is 1.67. The Bertz CT molecular complexity index is 590. The van der Waals surface area contributed by atoms with E-state index in [0.29, 0.717) is 11.4 Å². The number of hydrogen-bond acceptors (Lipinski definition) is 5. The zero-order chi connectivity index (χ0) is 13.2. The Morgan fingerprint density at radius 1 is 1.39 bits per heavy atom. The maximum Gasteiger partial charge on any atom is 0.188 e. The van der Waals surface area contributed by atoms with Gasteiger partial charge >= 0.3 is 0 Å². The smallest absolute Gasteiger partial charge is 0.188 e. The van der Waals surface area contributed by atoms with Gasteiger partial charge in [-0.2, -0.15) is 5.26 Å². The van der Waals surface area contributed by atoms with Crippen LogP contribution < -0.4 is 5.32 Å². The van der Waals surface area contributed by atoms with Crippen molar-refractivity contribution in [3.05, 3.63) is 35.0 Å². The molecule has 0 bridgehead atoms. The number of anilines is 2. The van der Waals surface area contributed by atoms with Crippen molar-refractivity contribution in [3.8, 4) is 6.07 Å². The molecule has 2 aromatic heterocycles. The van der Waals surface area contributed by atoms with Crippen LogP contribution in [0.25, 0.3) is 0 Å². The normalized spacial score (nSPS) is 11.0. The number of nitrogens with one attached hydrogen (secondary N) is 1. The highest BCUT2D eigenvalue weighted by molar-refractivity contribution is 7.13. The second kappa shape index (κ2) is 4.75. The van der Waals surface area contributed by atoms with Crippen molar-refractivity contribution < 1.29 is 0 Å². The molecule has 0 saturated carbocycles. The molecule has 2 heterocycles. The molecule has 2 aromatic rings. The molecule has 0 atom stereocenters. The monoisotopic (exact) mass is 258 g/mol. The van der Waals surface area contributed by atoms with E-state index in [1.807, 2.05) is 5.38 Å². The van der Waals surface area contributed by atoms with Crippen LogP contribution in [0.3, 0.4) is 0 Å². The summed E-state index contributed by atoms with van der Waals surface area (Å²) in [4.78, 5) is 8.68. The standard InChI is InChI=1S/C13H14N4S/c1-13(2,3)10-8-18-12(16-10)17-11-6-9(7-14)4-5-15-11/h4-6,8H,1-3H3,(H,15,16,17). The Morgan fingerprint density at radius 2 is 2.17 bits per heavy atom. The average Bonchev–Trinajstić information content (AvgIpc) is 2.77. The van der Waals surface area contributed by atoms with Gasteiger partial charge in [-0.1, -0.05) is 20.8 Å². The summed E-state index contributed by atoms with van der Waals surface area (Å²) in [5, 5.41) is 14.8. The Hall–Kier alpha value is -1.93. The fourth-order valence-corrected chi connectivity index (χ4v) is 2.30. The van der Waals surface area contributed by atoms with Crippen LogP contribution >= 0.6 is 11.3 Å². The number of nitriles is 1. The summed E-state index contributed by atoms with van der Waals surface area (Å²) in [6.45, 7) is 6.38. The molecule has 92 valence electrons. The van der Waals surface area contributed by atoms with Gasteiger partial charge in [-0.15, -0.1) is 11.3 Å². The largest absolute Gasteiger partial charge is 0.316 e. The van der Waals surface area contributed by atoms with Crippen molar-refractivity contribution in [1.29, 1.82) is 5.26 Å². The van der Waals surface area contributed by atoms with E-state index < -0.39 is 0 Å². The first kappa shape index (κ1) is 12.5. The number of hydrogen-bond donors (Lipinski definition) is 1. The third kappa shape index (κ3) is 2.84. The molecule has 0 fully saturated rings. The first-order chi connectivity index (χ1) is 8.49. The summed E-state index contributed by atoms with van der Waals surface area (Å²) in [6, 6.07) is 5.47. The Labute approximate surface area is 110 Å². The molecule has 0 saturated heterocycles. The Morgan fingerprint density at radius 3 is 2.78 bits per heavy atom. The lowest BCUT2D eigenvalue weighted by molar-refractivity contribution is 0.573. The molecule has 0 aliphatic carbocycles. The van der Waals surface area contributed by atoms with Crippen LogP contribution in [-0.2, 0) is 5.41 Å². The van der Waals surface area contributed by atoms with Crippen molar-refractivity contribution in [2.24, 2.45) is 0 Å². The van der Waals surface area contributed by atoms with Crippen molar-refractivity contribution in [2.45, 2.75) is 26.2 Å². The molecular formula is C13H14N4S. The highest BCUT2D eigenvalue weighted by Gasteiger charge is 2.17. The van der Waals surface area contributed by atoms with E-state index in [1.165, 1.54) is 11.3 Å². The molecule has 0 unspecified atom stereocenters. The summed E-state index contributed by atoms with van der Waals surface area (Å²) in [7, 11) is 0. The fraction of sp³-hybridized carbons (Fsp3) is 0.308. The highest BCUT2D eigenvalue weighted by atomic mass is 32.1. The molecular weight excluding hydrogens is 244 g/mol. The van der Waals surface area contributed by atoms with Crippen molar-refractivity contribution in [1.82, 2.24) is 9.97 Å². The lowest BCUT2D eigenvalue weighted by Crippen LogP contribution is -2.11. The Balaban J connectivity index is 2.19. The van der Waals surface area contributed by atoms with Crippen LogP contribution in [0.1, 0.15) is 32.0 Å². The van der Waals surface area contributed by atoms with Crippen LogP contribution in [0.4, 0.5) is 10.9 Å². The summed E-state index contributed by atoms with van der Waals surface area (Å²) >= 11 is 1.54. The topological polar surface area (TPSA) is 61.6 Å². The van der Waals surface area contributed by atoms with Gasteiger partial charge in [0.2, 0.25) is 0 Å². The zero-order valence-electron chi connectivity index (χ0n) is 10.6. The number of nitrogens with zero attached hydrogens (tertiary/aromatic N) is 3. The van der Waals surface area contributed by atoms with E-state index in [4.69, 9.17) is 5.26 Å². The summed E-state index contributed by atoms with van der Waals surface area (Å²) in [6.07, 6.45) is 1.61. The molecule has 0 aliphatic heterocycles. The minimum Gasteiger partial charge on any atom is -0.316 e. The molecule has 0 aromatic carbocycles. The van der Waals surface area contributed by atoms with Gasteiger partial charge in [-0.25, -0.2) is 9.97 Å². The minimum absolute atomic E-state index is 0.0400. The first-order valence-corrected chi connectivity index (χ1v) is 6.46. The quantitative estimate of drug-likeness (QED) is 0.896. The van der Waals surface area contributed by atoms with Gasteiger partial charge in [-0.05, 0) is 12.1 Å². The Kier molecular flexibility index (Phi) is 3.30. The van der Waals surface area contributed by atoms with Crippen LogP contribution in [-0.4, -0.2) is 9.97 Å². The molecule has 0 radical (unpaired) electrons. The fourth-order valence-electron chi connectivity index (χ4n) is 1.35. The van der Waals surface area contributed by atoms with Crippen LogP contribution in [0.15, 0.2) is 23.7 Å². The van der Waals surface area contributed by atoms with Gasteiger partial charge in [0, 0.05) is 17.0 Å². The highest BCUT2D eigenvalue weighted by Crippen LogP contribution is 2.27. The van der Waals surface area contributed by atoms with Crippen LogP contribution in [0.2, 0.25) is 0 Å². The third-order valence-corrected chi connectivity index (χ3v) is 3.15. The number of aromatic nitrogens is 2. The van der Waals surface area contributed by atoms with Gasteiger partial charge in [0.15, 0.2) is 5.13 Å². The lowest BCUT2D eigenvalue weighted by Gasteiger charge is -2.14. The van der Waals surface area contributed by atoms with Gasteiger partial charge < -0.3 is 5.32 Å². The van der Waals surface area contributed by atoms with E-state index in [1.54, 1.807) is 18.3 Å². The van der Waals surface area contributed by atoms with E-state index in [0.717, 1.165) is 10.8 Å². The number of rotatable bonds is 2. The van der Waals surface area contributed by atoms with E-state index in [9.17, 15) is 0 Å². The summed E-state index contributed by atoms with van der Waals surface area (Å²) in [5.74, 6) is 0.642. The van der Waals surface area contributed by atoms with Crippen LogP contribution in [0.5, 0.6) is 0 Å². The number of pyridine rings is 1. The van der Waals surface area contributed by atoms with Gasteiger partial charge in [0.1, 0.15) is 5.82 Å². The number of thiazole rings is 1. The van der Waals surface area contributed by atoms with E-state index >= 15 is 0 Å². The average molecular weight is 258 g/mol. The maximum atomic E-state index is 8.82. The molecule has 0 aliphatic rings. The minimum atomic E-state index is 0.0400. The second-order valence-electron chi connectivity index (χ2n) is 4.95. The first-order valence-electron chi connectivity index (χ1n) is 5.58. The molecule has 5 heteroatoms. The van der Waals surface area contributed by atoms with E-state index in [2.05, 4.69) is 42.1 Å². The lowest BCUT2D eigenvalue weighted by atomic mass is 9.93. The van der Waals surface area contributed by atoms with Crippen molar-refractivity contribution in [3.63, 3.8) is 0 Å². The van der Waals surface area contributed by atoms with Crippen LogP contribution in [0, 0.1) is 11.3 Å². The van der Waals surface area contributed by atoms with E-state index in [-0.39, 0.29) is 5.41 Å². The summed E-state index contributed by atoms with van der Waals surface area (Å²) < 4.78 is 0. The predicted octanol–water partition coefficient (Wildman–Crippen LogP) is 3.45. The molecule has 1 N–H and O–H groups in total. The molecule has 2 rings (SSSR count). The van der Waals surface area contributed by atoms with Gasteiger partial charge in [0.05, 0.1) is 17.3 Å². The SMILES string of the molecule is CC(C)(C)c1csc(Nc2cc(C#N)ccn2)n1. The maximum absolute atomic E-state index is 8.82. The second-order valence-corrected chi connectivity index (χ2v) is 5.81. The predicted molar refractivity (Wildman–Crippen MR) is 73.0 cm³/mol. The molecule has 0 spiro atoms. The molecule has 18 heavy (non-hydrogen) atoms.